The van der Waals surface area contributed by atoms with Crippen LogP contribution < -0.4 is 5.32 Å². The lowest BCUT2D eigenvalue weighted by Gasteiger charge is -2.26. The van der Waals surface area contributed by atoms with Crippen LogP contribution in [0.3, 0.4) is 0 Å². The van der Waals surface area contributed by atoms with E-state index in [1.807, 2.05) is 0 Å². The molecule has 0 saturated carbocycles. The second-order valence-corrected chi connectivity index (χ2v) is 11.9. The van der Waals surface area contributed by atoms with Gasteiger partial charge in [0.1, 0.15) is 5.00 Å². The van der Waals surface area contributed by atoms with Gasteiger partial charge in [-0.15, -0.1) is 24.5 Å². The molecule has 1 aliphatic heterocycles. The second-order valence-electron chi connectivity index (χ2n) is 8.81. The Morgan fingerprint density at radius 2 is 1.78 bits per heavy atom. The Kier molecular flexibility index (Phi) is 9.24. The van der Waals surface area contributed by atoms with Gasteiger partial charge >= 0.3 is 0 Å². The molecule has 0 radical (unpaired) electrons. The molecule has 1 aromatic heterocycles. The lowest BCUT2D eigenvalue weighted by molar-refractivity contribution is 0.0827. The molecular weight excluding hydrogens is 496 g/mol. The number of thiophene rings is 1. The third-order valence-corrected chi connectivity index (χ3v) is 8.92. The monoisotopic (exact) mass is 530 g/mol. The minimum absolute atomic E-state index is 0.0776. The van der Waals surface area contributed by atoms with Gasteiger partial charge in [0.25, 0.3) is 11.8 Å². The highest BCUT2D eigenvalue weighted by Gasteiger charge is 2.29. The predicted molar refractivity (Wildman–Crippen MR) is 145 cm³/mol. The average Bonchev–Trinajstić information content (AvgIpc) is 3.20. The van der Waals surface area contributed by atoms with Gasteiger partial charge in [0.2, 0.25) is 10.0 Å². The van der Waals surface area contributed by atoms with E-state index in [1.165, 1.54) is 57.0 Å². The smallest absolute Gasteiger partial charge is 0.256 e. The number of sulfonamides is 1. The van der Waals surface area contributed by atoms with Crippen LogP contribution in [0.2, 0.25) is 0 Å². The SMILES string of the molecule is C=CCN(CC=C)S(=O)(=O)c1ccc(C(=O)Nc2sc3c(c2C(=O)N(C)C)CCN(CCC)C3)cc1. The fourth-order valence-corrected chi connectivity index (χ4v) is 6.82. The Labute approximate surface area is 217 Å². The lowest BCUT2D eigenvalue weighted by atomic mass is 10.0. The van der Waals surface area contributed by atoms with E-state index in [0.717, 1.165) is 42.9 Å². The summed E-state index contributed by atoms with van der Waals surface area (Å²) in [6.45, 7) is 12.3. The Morgan fingerprint density at radius 3 is 2.33 bits per heavy atom. The van der Waals surface area contributed by atoms with Crippen LogP contribution in [-0.4, -0.2) is 74.6 Å². The van der Waals surface area contributed by atoms with Gasteiger partial charge in [0, 0.05) is 50.7 Å². The third-order valence-electron chi connectivity index (χ3n) is 5.94. The first kappa shape index (κ1) is 27.8. The van der Waals surface area contributed by atoms with E-state index in [-0.39, 0.29) is 23.9 Å². The van der Waals surface area contributed by atoms with E-state index in [0.29, 0.717) is 16.1 Å². The predicted octanol–water partition coefficient (Wildman–Crippen LogP) is 3.83. The number of amides is 2. The molecule has 36 heavy (non-hydrogen) atoms. The molecule has 0 spiro atoms. The van der Waals surface area contributed by atoms with Crippen molar-refractivity contribution in [3.8, 4) is 0 Å². The van der Waals surface area contributed by atoms with Gasteiger partial charge in [-0.2, -0.15) is 4.31 Å². The molecule has 0 saturated heterocycles. The zero-order chi connectivity index (χ0) is 26.5. The van der Waals surface area contributed by atoms with Crippen molar-refractivity contribution in [3.63, 3.8) is 0 Å². The van der Waals surface area contributed by atoms with E-state index < -0.39 is 15.9 Å². The highest BCUT2D eigenvalue weighted by molar-refractivity contribution is 7.89. The molecule has 2 amide bonds. The third kappa shape index (κ3) is 5.95. The van der Waals surface area contributed by atoms with Crippen LogP contribution in [0.5, 0.6) is 0 Å². The first-order chi connectivity index (χ1) is 17.1. The minimum atomic E-state index is -3.76. The molecule has 194 valence electrons. The molecule has 1 aromatic carbocycles. The number of carbonyl (C=O) groups is 2. The molecule has 0 fully saturated rings. The molecule has 0 unspecified atom stereocenters. The largest absolute Gasteiger partial charge is 0.345 e. The van der Waals surface area contributed by atoms with Gasteiger partial charge in [0.05, 0.1) is 10.5 Å². The number of hydrogen-bond acceptors (Lipinski definition) is 6. The topological polar surface area (TPSA) is 90.0 Å². The Hall–Kier alpha value is -2.79. The van der Waals surface area contributed by atoms with Crippen molar-refractivity contribution in [3.05, 3.63) is 71.1 Å². The standard InChI is InChI=1S/C26H34N4O4S2/c1-6-14-29-17-13-21-22(18-29)35-25(23(21)26(32)28(4)5)27-24(31)19-9-11-20(12-10-19)36(33,34)30(15-7-2)16-8-3/h7-12H,2-3,6,13-18H2,1,4-5H3,(H,27,31). The van der Waals surface area contributed by atoms with E-state index >= 15 is 0 Å². The molecule has 1 aliphatic rings. The Bertz CT molecular complexity index is 1220. The van der Waals surface area contributed by atoms with Crippen molar-refractivity contribution < 1.29 is 18.0 Å². The van der Waals surface area contributed by atoms with Crippen LogP contribution >= 0.6 is 11.3 Å². The van der Waals surface area contributed by atoms with Crippen molar-refractivity contribution in [2.75, 3.05) is 45.6 Å². The van der Waals surface area contributed by atoms with Crippen LogP contribution in [-0.2, 0) is 23.0 Å². The van der Waals surface area contributed by atoms with Crippen molar-refractivity contribution in [1.82, 2.24) is 14.1 Å². The van der Waals surface area contributed by atoms with Crippen LogP contribution in [0.15, 0.2) is 54.5 Å². The summed E-state index contributed by atoms with van der Waals surface area (Å²) in [6.07, 6.45) is 4.84. The van der Waals surface area contributed by atoms with Gasteiger partial charge in [-0.05, 0) is 49.2 Å². The Morgan fingerprint density at radius 1 is 1.14 bits per heavy atom. The molecule has 0 atom stereocenters. The van der Waals surface area contributed by atoms with Gasteiger partial charge in [-0.1, -0.05) is 19.1 Å². The lowest BCUT2D eigenvalue weighted by Crippen LogP contribution is -2.32. The fourth-order valence-electron chi connectivity index (χ4n) is 4.16. The number of rotatable bonds is 11. The zero-order valence-electron chi connectivity index (χ0n) is 21.1. The number of benzene rings is 1. The first-order valence-corrected chi connectivity index (χ1v) is 14.1. The van der Waals surface area contributed by atoms with E-state index in [2.05, 4.69) is 30.3 Å². The zero-order valence-corrected chi connectivity index (χ0v) is 22.8. The number of hydrogen-bond donors (Lipinski definition) is 1. The van der Waals surface area contributed by atoms with Crippen LogP contribution in [0.4, 0.5) is 5.00 Å². The molecule has 0 aliphatic carbocycles. The van der Waals surface area contributed by atoms with Crippen molar-refractivity contribution in [2.45, 2.75) is 31.2 Å². The summed E-state index contributed by atoms with van der Waals surface area (Å²) in [6, 6.07) is 5.78. The van der Waals surface area contributed by atoms with E-state index in [4.69, 9.17) is 0 Å². The average molecular weight is 531 g/mol. The van der Waals surface area contributed by atoms with Gasteiger partial charge in [0.15, 0.2) is 0 Å². The second kappa shape index (κ2) is 12.0. The Balaban J connectivity index is 1.87. The van der Waals surface area contributed by atoms with E-state index in [1.54, 1.807) is 14.1 Å². The molecular formula is C26H34N4O4S2. The first-order valence-electron chi connectivity index (χ1n) is 11.9. The summed E-state index contributed by atoms with van der Waals surface area (Å²) in [5, 5.41) is 3.44. The van der Waals surface area contributed by atoms with Crippen LogP contribution in [0.1, 0.15) is 44.5 Å². The quantitative estimate of drug-likeness (QED) is 0.446. The summed E-state index contributed by atoms with van der Waals surface area (Å²) in [5.74, 6) is -0.539. The molecule has 10 heteroatoms. The maximum atomic E-state index is 13.1. The van der Waals surface area contributed by atoms with Crippen molar-refractivity contribution in [1.29, 1.82) is 0 Å². The summed E-state index contributed by atoms with van der Waals surface area (Å²) < 4.78 is 27.1. The number of nitrogens with one attached hydrogen (secondary N) is 1. The highest BCUT2D eigenvalue weighted by Crippen LogP contribution is 2.38. The number of carbonyl (C=O) groups excluding carboxylic acids is 2. The summed E-state index contributed by atoms with van der Waals surface area (Å²) in [5.41, 5.74) is 1.86. The summed E-state index contributed by atoms with van der Waals surface area (Å²) >= 11 is 1.44. The molecule has 2 heterocycles. The van der Waals surface area contributed by atoms with Crippen molar-refractivity contribution >= 4 is 38.2 Å². The van der Waals surface area contributed by atoms with Gasteiger partial charge < -0.3 is 10.2 Å². The van der Waals surface area contributed by atoms with Crippen LogP contribution in [0, 0.1) is 0 Å². The molecule has 0 bridgehead atoms. The molecule has 1 N–H and O–H groups in total. The molecule has 2 aromatic rings. The van der Waals surface area contributed by atoms with E-state index in [9.17, 15) is 18.0 Å². The molecule has 3 rings (SSSR count). The summed E-state index contributed by atoms with van der Waals surface area (Å²) in [7, 11) is -0.360. The number of anilines is 1. The molecule has 8 nitrogen and oxygen atoms in total. The summed E-state index contributed by atoms with van der Waals surface area (Å²) in [4.78, 5) is 31.2. The van der Waals surface area contributed by atoms with Crippen molar-refractivity contribution in [2.24, 2.45) is 0 Å². The maximum Gasteiger partial charge on any atom is 0.256 e. The minimum Gasteiger partial charge on any atom is -0.345 e. The fraction of sp³-hybridized carbons (Fsp3) is 0.385. The van der Waals surface area contributed by atoms with Gasteiger partial charge in [-0.3, -0.25) is 14.5 Å². The normalized spacial score (nSPS) is 13.8. The highest BCUT2D eigenvalue weighted by atomic mass is 32.2. The number of nitrogens with zero attached hydrogens (tertiary/aromatic N) is 3. The van der Waals surface area contributed by atoms with Gasteiger partial charge in [-0.25, -0.2) is 8.42 Å². The number of fused-ring (bicyclic) bond motifs is 1. The van der Waals surface area contributed by atoms with Crippen LogP contribution in [0.25, 0.3) is 0 Å². The maximum absolute atomic E-state index is 13.1.